The molecule has 11 nitrogen and oxygen atoms in total. The molecule has 4 aliphatic rings. The molecule has 0 spiro atoms. The van der Waals surface area contributed by atoms with Crippen LogP contribution in [0.4, 0.5) is 0 Å². The lowest BCUT2D eigenvalue weighted by Crippen LogP contribution is -2.50. The van der Waals surface area contributed by atoms with Gasteiger partial charge in [-0.15, -0.1) is 0 Å². The number of para-hydroxylation sites is 6. The van der Waals surface area contributed by atoms with Crippen molar-refractivity contribution in [2.45, 2.75) is 58.5 Å². The minimum Gasteiger partial charge on any atom is -0.456 e. The van der Waals surface area contributed by atoms with E-state index in [0.717, 1.165) is 135 Å². The van der Waals surface area contributed by atoms with Crippen molar-refractivity contribution in [1.29, 1.82) is 0 Å². The fourth-order valence-corrected chi connectivity index (χ4v) is 35.4. The Hall–Kier alpha value is -17.9. The van der Waals surface area contributed by atoms with Crippen LogP contribution in [0.3, 0.4) is 0 Å². The first-order valence-electron chi connectivity index (χ1n) is 51.6. The topological polar surface area (TPSA) is 110 Å². The summed E-state index contributed by atoms with van der Waals surface area (Å²) in [5.74, 6) is 2.31. The predicted molar refractivity (Wildman–Crippen MR) is 627 cm³/mol. The van der Waals surface area contributed by atoms with E-state index in [4.69, 9.17) is 34.3 Å². The first kappa shape index (κ1) is 87.6. The van der Waals surface area contributed by atoms with Crippen LogP contribution in [0, 0.1) is 0 Å². The first-order valence-corrected chi connectivity index (χ1v) is 60.6. The Kier molecular flexibility index (Phi) is 19.6. The van der Waals surface area contributed by atoms with Crippen molar-refractivity contribution in [3.05, 3.63) is 460 Å². The molecule has 3 aliphatic heterocycles. The molecule has 8 aromatic heterocycles. The van der Waals surface area contributed by atoms with Gasteiger partial charge in [0.1, 0.15) is 35.4 Å². The molecule has 31 rings (SSSR count). The van der Waals surface area contributed by atoms with Gasteiger partial charge < -0.3 is 22.7 Å². The summed E-state index contributed by atoms with van der Waals surface area (Å²) >= 11 is 0. The quantitative estimate of drug-likeness (QED) is 0.125. The summed E-state index contributed by atoms with van der Waals surface area (Å²) in [5, 5.41) is 20.7. The van der Waals surface area contributed by atoms with E-state index in [0.29, 0.717) is 0 Å². The molecule has 14 heteroatoms. The number of furan rings is 1. The van der Waals surface area contributed by atoms with Gasteiger partial charge in [-0.05, 0) is 179 Å². The predicted octanol–water partition coefficient (Wildman–Crippen LogP) is 30.4. The average molecular weight is 1960 g/mol. The van der Waals surface area contributed by atoms with Crippen LogP contribution in [0.5, 0.6) is 0 Å². The van der Waals surface area contributed by atoms with Crippen molar-refractivity contribution in [1.82, 2.24) is 48.2 Å². The SMILES string of the molecule is CC1(C)c2ccccc2-c2c1ccc1c2c2ccccc2n1-c1ccc(-c2nc(-c3ccccc3)nc3c2[Si](C)(C)c2ccccc2-3)cc1.C[Si]1(C)c2ccccc2-c2nc(-c3ccccc3)nc(-c3ccc(-n4c5ccccc5c5c6c7ccccc7n(-c7ccccc7)c6ccc54)cc3)c21.C[Si]1(C)c2ccccc2-c2nc(-c3ccccc3)nc(-c3cccc(-n4c5ccccc5c5c6c(ccc54)oc4ccccc46)c3)c21. The summed E-state index contributed by atoms with van der Waals surface area (Å²) in [4.78, 5) is 31.9. The standard InChI is InChI=1S/C48H34N4Si.C45H35N3Si.C42H29N3OSi/c1-53(2)42-24-14-11-21-37(42)46-47(53)45(49-48(50-46)32-15-5-3-6-16-32)31-25-27-34(28-26-31)52-39-23-13-10-20-36(39)44-41(52)30-29-40-43(44)35-19-9-12-22-38(35)51(40)33-17-7-4-8-18-33;1-45(2)34-19-11-8-16-31(34)39-35(45)26-27-37-40(39)32-17-9-12-20-36(32)48(37)30-24-22-28(23-25-30)41-43-42(33-18-10-13-21-38(33)49(43,3)4)47-44(46-41)29-14-6-5-7-15-29;1-47(2)36-22-11-8-19-31(36)40-41(47)39(43-42(44-40)26-13-4-3-5-14-26)27-15-12-16-28(25-27)45-32-20-9-6-17-29(32)37-33(45)23-24-35-38(37)30-18-7-10-21-34(30)46-35/h3-30H,1-2H3;5-27H,1-4H3;3-25H,1-2H3. The number of hydrogen-bond donors (Lipinski definition) is 0. The normalized spacial score (nSPS) is 13.9. The van der Waals surface area contributed by atoms with Crippen molar-refractivity contribution in [3.8, 4) is 136 Å². The van der Waals surface area contributed by atoms with Crippen LogP contribution in [0.1, 0.15) is 25.0 Å². The second kappa shape index (κ2) is 33.3. The van der Waals surface area contributed by atoms with Crippen LogP contribution in [0.25, 0.3) is 245 Å². The van der Waals surface area contributed by atoms with Gasteiger partial charge in [0.05, 0.1) is 78.3 Å². The Morgan fingerprint density at radius 3 is 0.960 bits per heavy atom. The van der Waals surface area contributed by atoms with E-state index in [1.54, 1.807) is 0 Å². The van der Waals surface area contributed by atoms with Crippen LogP contribution >= 0.6 is 0 Å². The van der Waals surface area contributed by atoms with E-state index in [1.807, 2.05) is 24.3 Å². The molecule has 11 heterocycles. The van der Waals surface area contributed by atoms with Crippen molar-refractivity contribution in [2.24, 2.45) is 0 Å². The van der Waals surface area contributed by atoms with Gasteiger partial charge in [0, 0.05) is 115 Å². The summed E-state index contributed by atoms with van der Waals surface area (Å²) in [6, 6.07) is 162. The maximum absolute atomic E-state index is 6.32. The highest BCUT2D eigenvalue weighted by Gasteiger charge is 2.46. The van der Waals surface area contributed by atoms with Gasteiger partial charge in [0.2, 0.25) is 0 Å². The van der Waals surface area contributed by atoms with E-state index in [1.165, 1.54) is 152 Å². The molecule has 0 saturated carbocycles. The summed E-state index contributed by atoms with van der Waals surface area (Å²) in [7, 11) is -6.22. The minimum absolute atomic E-state index is 0.0435. The van der Waals surface area contributed by atoms with Crippen molar-refractivity contribution in [2.75, 3.05) is 0 Å². The number of fused-ring (bicyclic) bond motifs is 30. The molecule has 1 aliphatic carbocycles. The van der Waals surface area contributed by atoms with E-state index >= 15 is 0 Å². The van der Waals surface area contributed by atoms with Gasteiger partial charge in [-0.2, -0.15) is 0 Å². The van der Waals surface area contributed by atoms with Crippen LogP contribution in [0.15, 0.2) is 453 Å². The minimum atomic E-state index is -2.09. The van der Waals surface area contributed by atoms with Crippen LogP contribution in [0.2, 0.25) is 39.3 Å². The zero-order valence-electron chi connectivity index (χ0n) is 83.6. The Bertz CT molecular complexity index is 10300. The molecule has 0 radical (unpaired) electrons. The monoisotopic (exact) mass is 1960 g/mol. The van der Waals surface area contributed by atoms with Gasteiger partial charge in [-0.1, -0.05) is 393 Å². The smallest absolute Gasteiger partial charge is 0.160 e. The largest absolute Gasteiger partial charge is 0.456 e. The fraction of sp³-hybridized carbons (Fsp3) is 0.0667. The lowest BCUT2D eigenvalue weighted by Gasteiger charge is -2.22. The zero-order valence-corrected chi connectivity index (χ0v) is 86.6. The molecule has 0 saturated heterocycles. The molecule has 149 heavy (non-hydrogen) atoms. The molecule has 0 atom stereocenters. The van der Waals surface area contributed by atoms with Crippen LogP contribution in [-0.2, 0) is 5.41 Å². The zero-order chi connectivity index (χ0) is 99.6. The summed E-state index contributed by atoms with van der Waals surface area (Å²) in [5.41, 5.74) is 38.0. The van der Waals surface area contributed by atoms with E-state index in [2.05, 4.69) is 496 Å². The van der Waals surface area contributed by atoms with Crippen LogP contribution < -0.4 is 31.1 Å². The molecule has 0 N–H and O–H groups in total. The van der Waals surface area contributed by atoms with Crippen molar-refractivity contribution in [3.63, 3.8) is 0 Å². The van der Waals surface area contributed by atoms with Gasteiger partial charge in [-0.25, -0.2) is 29.9 Å². The molecule has 706 valence electrons. The Morgan fingerprint density at radius 1 is 0.208 bits per heavy atom. The number of aromatic nitrogens is 10. The number of benzene rings is 19. The number of hydrogen-bond acceptors (Lipinski definition) is 7. The molecular weight excluding hydrogens is 1860 g/mol. The maximum atomic E-state index is 6.32. The second-order valence-electron chi connectivity index (χ2n) is 42.2. The van der Waals surface area contributed by atoms with Gasteiger partial charge in [-0.3, -0.25) is 0 Å². The molecule has 27 aromatic rings. The molecule has 19 aromatic carbocycles. The highest BCUT2D eigenvalue weighted by Crippen LogP contribution is 2.55. The summed E-state index contributed by atoms with van der Waals surface area (Å²) < 4.78 is 16.0. The Labute approximate surface area is 864 Å². The van der Waals surface area contributed by atoms with E-state index in [-0.39, 0.29) is 5.41 Å². The lowest BCUT2D eigenvalue weighted by atomic mass is 9.82. The Morgan fingerprint density at radius 2 is 0.517 bits per heavy atom. The summed E-state index contributed by atoms with van der Waals surface area (Å²) in [6.45, 7) is 19.3. The highest BCUT2D eigenvalue weighted by atomic mass is 28.3. The van der Waals surface area contributed by atoms with Crippen molar-refractivity contribution >= 4 is 165 Å². The fourth-order valence-electron chi connectivity index (χ4n) is 25.7. The number of rotatable bonds is 10. The third-order valence-corrected chi connectivity index (χ3v) is 43.0. The third kappa shape index (κ3) is 13.2. The maximum Gasteiger partial charge on any atom is 0.160 e. The molecule has 0 amide bonds. The summed E-state index contributed by atoms with van der Waals surface area (Å²) in [6.07, 6.45) is 0. The van der Waals surface area contributed by atoms with Gasteiger partial charge in [0.15, 0.2) is 17.5 Å². The van der Waals surface area contributed by atoms with E-state index < -0.39 is 24.2 Å². The Balaban J connectivity index is 0.000000105. The molecule has 0 fully saturated rings. The average Bonchev–Trinajstić information content (AvgIpc) is 1.55. The van der Waals surface area contributed by atoms with Gasteiger partial charge >= 0.3 is 0 Å². The first-order chi connectivity index (χ1) is 73.0. The van der Waals surface area contributed by atoms with E-state index in [9.17, 15) is 0 Å². The highest BCUT2D eigenvalue weighted by molar-refractivity contribution is 7.05. The molecule has 0 unspecified atom stereocenters. The number of nitrogens with zero attached hydrogens (tertiary/aromatic N) is 10. The third-order valence-electron chi connectivity index (χ3n) is 32.5. The van der Waals surface area contributed by atoms with Gasteiger partial charge in [0.25, 0.3) is 0 Å². The van der Waals surface area contributed by atoms with Crippen molar-refractivity contribution < 1.29 is 4.42 Å². The lowest BCUT2D eigenvalue weighted by molar-refractivity contribution is 0.661. The molecule has 0 bridgehead atoms. The molecular formula is C135H98N10OSi3. The second-order valence-corrected chi connectivity index (χ2v) is 55.1. The van der Waals surface area contributed by atoms with Crippen LogP contribution in [-0.4, -0.2) is 72.4 Å².